The molecule has 0 fully saturated rings. The molecule has 0 aliphatic heterocycles. The minimum atomic E-state index is -1.08. The number of nitrogens with one attached hydrogen (secondary N) is 1. The maximum Gasteiger partial charge on any atom is 0.326 e. The van der Waals surface area contributed by atoms with Crippen molar-refractivity contribution in [3.05, 3.63) is 59.3 Å². The molecule has 1 atom stereocenters. The van der Waals surface area contributed by atoms with Gasteiger partial charge in [0.15, 0.2) is 5.78 Å². The van der Waals surface area contributed by atoms with Crippen molar-refractivity contribution in [3.63, 3.8) is 0 Å². The molecular weight excluding hydrogens is 306 g/mol. The van der Waals surface area contributed by atoms with Crippen LogP contribution in [-0.4, -0.2) is 28.7 Å². The molecule has 5 heteroatoms. The van der Waals surface area contributed by atoms with Crippen LogP contribution in [0.15, 0.2) is 53.8 Å². The number of carboxylic acids is 1. The molecule has 0 bridgehead atoms. The Morgan fingerprint density at radius 2 is 1.75 bits per heavy atom. The monoisotopic (exact) mass is 327 g/mol. The van der Waals surface area contributed by atoms with E-state index in [1.165, 1.54) is 12.2 Å². The van der Waals surface area contributed by atoms with Crippen LogP contribution in [0.1, 0.15) is 26.3 Å². The molecule has 0 saturated heterocycles. The Hall–Kier alpha value is -2.69. The lowest BCUT2D eigenvalue weighted by molar-refractivity contribution is -0.139. The number of carbonyl (C=O) groups is 3. The van der Waals surface area contributed by atoms with E-state index in [9.17, 15) is 19.5 Å². The van der Waals surface area contributed by atoms with Gasteiger partial charge in [0, 0.05) is 18.1 Å². The zero-order chi connectivity index (χ0) is 17.9. The average molecular weight is 327 g/mol. The molecule has 24 heavy (non-hydrogen) atoms. The van der Waals surface area contributed by atoms with Crippen molar-refractivity contribution < 1.29 is 19.5 Å². The van der Waals surface area contributed by atoms with E-state index >= 15 is 0 Å². The van der Waals surface area contributed by atoms with Gasteiger partial charge in [-0.05, 0) is 17.1 Å². The lowest BCUT2D eigenvalue weighted by atomic mass is 9.80. The lowest BCUT2D eigenvalue weighted by Crippen LogP contribution is -2.42. The summed E-state index contributed by atoms with van der Waals surface area (Å²) in [5, 5.41) is 12.2. The van der Waals surface area contributed by atoms with Gasteiger partial charge in [-0.2, -0.15) is 0 Å². The third-order valence-corrected chi connectivity index (χ3v) is 3.78. The Morgan fingerprint density at radius 3 is 2.29 bits per heavy atom. The molecule has 0 spiro atoms. The van der Waals surface area contributed by atoms with E-state index in [-0.39, 0.29) is 23.7 Å². The zero-order valence-corrected chi connectivity index (χ0v) is 14.0. The predicted molar refractivity (Wildman–Crippen MR) is 90.3 cm³/mol. The van der Waals surface area contributed by atoms with E-state index in [1.54, 1.807) is 0 Å². The summed E-state index contributed by atoms with van der Waals surface area (Å²) in [6.07, 6.45) is 2.70. The number of benzene rings is 1. The second-order valence-electron chi connectivity index (χ2n) is 6.82. The molecule has 1 aromatic rings. The first kappa shape index (κ1) is 17.7. The van der Waals surface area contributed by atoms with Crippen LogP contribution in [0.25, 0.3) is 0 Å². The molecule has 0 radical (unpaired) electrons. The quantitative estimate of drug-likeness (QED) is 0.811. The second kappa shape index (κ2) is 6.83. The van der Waals surface area contributed by atoms with Crippen molar-refractivity contribution in [2.24, 2.45) is 5.41 Å². The normalized spacial score (nSPS) is 16.3. The summed E-state index contributed by atoms with van der Waals surface area (Å²) in [4.78, 5) is 36.0. The van der Waals surface area contributed by atoms with Crippen LogP contribution in [0.2, 0.25) is 0 Å². The number of Topliss-reactive ketones (excluding diaryl/α,β-unsaturated/α-hetero) is 1. The molecule has 0 aromatic heterocycles. The Balaban J connectivity index is 2.22. The van der Waals surface area contributed by atoms with Crippen LogP contribution < -0.4 is 5.32 Å². The van der Waals surface area contributed by atoms with E-state index in [0.29, 0.717) is 5.57 Å². The van der Waals surface area contributed by atoms with Gasteiger partial charge in [-0.3, -0.25) is 9.59 Å². The maximum atomic E-state index is 12.6. The smallest absolute Gasteiger partial charge is 0.326 e. The van der Waals surface area contributed by atoms with Gasteiger partial charge in [0.05, 0.1) is 5.70 Å². The van der Waals surface area contributed by atoms with E-state index in [1.807, 2.05) is 51.1 Å². The molecule has 0 heterocycles. The fraction of sp³-hybridized carbons (Fsp3) is 0.316. The van der Waals surface area contributed by atoms with Crippen molar-refractivity contribution >= 4 is 17.5 Å². The highest BCUT2D eigenvalue weighted by Crippen LogP contribution is 2.29. The maximum absolute atomic E-state index is 12.6. The number of ketones is 2. The first-order valence-electron chi connectivity index (χ1n) is 7.74. The first-order valence-corrected chi connectivity index (χ1v) is 7.74. The summed E-state index contributed by atoms with van der Waals surface area (Å²) in [5.74, 6) is -1.72. The van der Waals surface area contributed by atoms with Crippen LogP contribution in [0.5, 0.6) is 0 Å². The highest BCUT2D eigenvalue weighted by atomic mass is 16.4. The molecular formula is C19H21NO4. The number of allylic oxidation sites excluding steroid dienone is 3. The second-order valence-corrected chi connectivity index (χ2v) is 6.82. The molecule has 1 aromatic carbocycles. The molecule has 2 N–H and O–H groups in total. The Morgan fingerprint density at radius 1 is 1.12 bits per heavy atom. The Labute approximate surface area is 141 Å². The molecule has 2 rings (SSSR count). The highest BCUT2D eigenvalue weighted by molar-refractivity contribution is 6.20. The Kier molecular flexibility index (Phi) is 5.02. The molecule has 0 saturated carbocycles. The van der Waals surface area contributed by atoms with Crippen molar-refractivity contribution in [2.75, 3.05) is 0 Å². The highest BCUT2D eigenvalue weighted by Gasteiger charge is 2.32. The van der Waals surface area contributed by atoms with Crippen LogP contribution in [0, 0.1) is 5.41 Å². The number of rotatable bonds is 5. The standard InChI is InChI=1S/C19H21NO4/c1-19(2,3)14-10-13(21)11-15(17(14)22)20-16(18(23)24)9-12-7-5-4-6-8-12/h4-8,10-11,16,20H,9H2,1-3H3,(H,23,24)/t16-/m0/s1. The SMILES string of the molecule is CC(C)(C)C1=CC(=O)C=C(N[C@@H](Cc2ccccc2)C(=O)O)C1=O. The lowest BCUT2D eigenvalue weighted by Gasteiger charge is -2.26. The first-order chi connectivity index (χ1) is 11.2. The van der Waals surface area contributed by atoms with Gasteiger partial charge in [0.1, 0.15) is 6.04 Å². The molecule has 0 unspecified atom stereocenters. The van der Waals surface area contributed by atoms with Gasteiger partial charge < -0.3 is 10.4 Å². The molecule has 0 amide bonds. The minimum absolute atomic E-state index is 0.0377. The summed E-state index contributed by atoms with van der Waals surface area (Å²) in [6.45, 7) is 5.52. The van der Waals surface area contributed by atoms with Crippen molar-refractivity contribution in [3.8, 4) is 0 Å². The van der Waals surface area contributed by atoms with Gasteiger partial charge in [0.25, 0.3) is 0 Å². The predicted octanol–water partition coefficient (Wildman–Crippen LogP) is 2.28. The van der Waals surface area contributed by atoms with Crippen molar-refractivity contribution in [1.82, 2.24) is 5.32 Å². The largest absolute Gasteiger partial charge is 0.480 e. The summed E-state index contributed by atoms with van der Waals surface area (Å²) in [7, 11) is 0. The molecule has 126 valence electrons. The van der Waals surface area contributed by atoms with Gasteiger partial charge in [0.2, 0.25) is 5.78 Å². The van der Waals surface area contributed by atoms with Crippen LogP contribution >= 0.6 is 0 Å². The van der Waals surface area contributed by atoms with Crippen molar-refractivity contribution in [1.29, 1.82) is 0 Å². The van der Waals surface area contributed by atoms with Gasteiger partial charge >= 0.3 is 5.97 Å². The number of carboxylic acid groups (broad SMARTS) is 1. The summed E-state index contributed by atoms with van der Waals surface area (Å²) >= 11 is 0. The van der Waals surface area contributed by atoms with E-state index < -0.39 is 17.4 Å². The number of carbonyl (C=O) groups excluding carboxylic acids is 2. The summed E-state index contributed by atoms with van der Waals surface area (Å²) in [6, 6.07) is 8.14. The molecule has 1 aliphatic carbocycles. The third-order valence-electron chi connectivity index (χ3n) is 3.78. The number of aliphatic carboxylic acids is 1. The van der Waals surface area contributed by atoms with E-state index in [2.05, 4.69) is 5.32 Å². The zero-order valence-electron chi connectivity index (χ0n) is 14.0. The number of hydrogen-bond donors (Lipinski definition) is 2. The van der Waals surface area contributed by atoms with E-state index in [0.717, 1.165) is 5.56 Å². The Bertz CT molecular complexity index is 723. The van der Waals surface area contributed by atoms with Crippen LogP contribution in [-0.2, 0) is 20.8 Å². The van der Waals surface area contributed by atoms with Gasteiger partial charge in [-0.25, -0.2) is 4.79 Å². The summed E-state index contributed by atoms with van der Waals surface area (Å²) < 4.78 is 0. The molecule has 5 nitrogen and oxygen atoms in total. The average Bonchev–Trinajstić information content (AvgIpc) is 2.49. The molecule has 1 aliphatic rings. The van der Waals surface area contributed by atoms with E-state index in [4.69, 9.17) is 0 Å². The van der Waals surface area contributed by atoms with Gasteiger partial charge in [-0.15, -0.1) is 0 Å². The number of hydrogen-bond acceptors (Lipinski definition) is 4. The fourth-order valence-electron chi connectivity index (χ4n) is 2.50. The minimum Gasteiger partial charge on any atom is -0.480 e. The third kappa shape index (κ3) is 4.19. The van der Waals surface area contributed by atoms with Crippen LogP contribution in [0.3, 0.4) is 0 Å². The topological polar surface area (TPSA) is 83.5 Å². The van der Waals surface area contributed by atoms with Crippen LogP contribution in [0.4, 0.5) is 0 Å². The van der Waals surface area contributed by atoms with Crippen molar-refractivity contribution in [2.45, 2.75) is 33.2 Å². The fourth-order valence-corrected chi connectivity index (χ4v) is 2.50. The van der Waals surface area contributed by atoms with Gasteiger partial charge in [-0.1, -0.05) is 51.1 Å². The summed E-state index contributed by atoms with van der Waals surface area (Å²) in [5.41, 5.74) is 0.753.